The van der Waals surface area contributed by atoms with E-state index in [0.29, 0.717) is 24.5 Å². The number of sulfone groups is 1. The van der Waals surface area contributed by atoms with Gasteiger partial charge in [-0.25, -0.2) is 8.42 Å². The first-order valence-corrected chi connectivity index (χ1v) is 16.3. The zero-order valence-corrected chi connectivity index (χ0v) is 27.0. The third-order valence-electron chi connectivity index (χ3n) is 7.69. The fourth-order valence-electron chi connectivity index (χ4n) is 5.18. The van der Waals surface area contributed by atoms with Crippen LogP contribution in [-0.4, -0.2) is 26.9 Å². The van der Waals surface area contributed by atoms with Gasteiger partial charge in [-0.1, -0.05) is 96.4 Å². The summed E-state index contributed by atoms with van der Waals surface area (Å²) in [7, 11) is -3.55. The monoisotopic (exact) mass is 564 g/mol. The molecule has 1 aliphatic rings. The van der Waals surface area contributed by atoms with Gasteiger partial charge in [0.15, 0.2) is 9.84 Å². The van der Waals surface area contributed by atoms with Crippen LogP contribution in [0.4, 0.5) is 0 Å². The van der Waals surface area contributed by atoms with Gasteiger partial charge >= 0.3 is 0 Å². The van der Waals surface area contributed by atoms with Crippen molar-refractivity contribution in [1.29, 1.82) is 0 Å². The van der Waals surface area contributed by atoms with Crippen molar-refractivity contribution in [2.75, 3.05) is 13.2 Å². The SMILES string of the molecule is CC(C)=CCC/C(C)=C/COC/C=C(\C)CC(/C=C(C)/C=C/C1=C(C)CCCC1(C)C)S(=O)(=O)c1ccccc1. The topological polar surface area (TPSA) is 43.4 Å². The van der Waals surface area contributed by atoms with E-state index in [1.165, 1.54) is 35.1 Å². The predicted molar refractivity (Wildman–Crippen MR) is 172 cm³/mol. The van der Waals surface area contributed by atoms with Crippen LogP contribution in [0.2, 0.25) is 0 Å². The summed E-state index contributed by atoms with van der Waals surface area (Å²) in [5.41, 5.74) is 7.60. The summed E-state index contributed by atoms with van der Waals surface area (Å²) in [6.07, 6.45) is 18.7. The molecule has 220 valence electrons. The van der Waals surface area contributed by atoms with Crippen molar-refractivity contribution in [2.24, 2.45) is 5.41 Å². The van der Waals surface area contributed by atoms with Crippen molar-refractivity contribution in [3.05, 3.63) is 100 Å². The summed E-state index contributed by atoms with van der Waals surface area (Å²) in [4.78, 5) is 0.359. The molecule has 1 unspecified atom stereocenters. The van der Waals surface area contributed by atoms with Gasteiger partial charge in [0.1, 0.15) is 0 Å². The normalized spacial score (nSPS) is 17.9. The minimum absolute atomic E-state index is 0.146. The zero-order valence-electron chi connectivity index (χ0n) is 26.2. The fourth-order valence-corrected chi connectivity index (χ4v) is 6.94. The second-order valence-corrected chi connectivity index (χ2v) is 14.4. The van der Waals surface area contributed by atoms with Crippen molar-refractivity contribution >= 4 is 9.84 Å². The molecule has 1 aromatic carbocycles. The molecule has 4 heteroatoms. The lowest BCUT2D eigenvalue weighted by Crippen LogP contribution is -2.20. The lowest BCUT2D eigenvalue weighted by Gasteiger charge is -2.33. The van der Waals surface area contributed by atoms with E-state index < -0.39 is 15.1 Å². The van der Waals surface area contributed by atoms with E-state index in [1.54, 1.807) is 24.3 Å². The van der Waals surface area contributed by atoms with Gasteiger partial charge in [-0.15, -0.1) is 0 Å². The molecule has 0 radical (unpaired) electrons. The average molecular weight is 565 g/mol. The summed E-state index contributed by atoms with van der Waals surface area (Å²) in [5.74, 6) is 0. The second-order valence-electron chi connectivity index (χ2n) is 12.2. The molecule has 0 spiro atoms. The highest BCUT2D eigenvalue weighted by Crippen LogP contribution is 2.40. The van der Waals surface area contributed by atoms with Crippen LogP contribution in [0.1, 0.15) is 93.9 Å². The molecule has 0 N–H and O–H groups in total. The first kappa shape index (κ1) is 33.8. The first-order chi connectivity index (χ1) is 18.8. The molecular formula is C36H52O3S. The third kappa shape index (κ3) is 11.2. The maximum absolute atomic E-state index is 13.7. The second kappa shape index (κ2) is 16.1. The molecule has 2 rings (SSSR count). The minimum Gasteiger partial charge on any atom is -0.373 e. The van der Waals surface area contributed by atoms with Crippen LogP contribution < -0.4 is 0 Å². The molecule has 0 heterocycles. The van der Waals surface area contributed by atoms with Crippen LogP contribution in [0.25, 0.3) is 0 Å². The Labute approximate surface area is 245 Å². The Morgan fingerprint density at radius 2 is 1.62 bits per heavy atom. The van der Waals surface area contributed by atoms with Gasteiger partial charge in [-0.2, -0.15) is 0 Å². The van der Waals surface area contributed by atoms with Crippen LogP contribution in [-0.2, 0) is 14.6 Å². The number of ether oxygens (including phenoxy) is 1. The first-order valence-electron chi connectivity index (χ1n) is 14.7. The summed E-state index contributed by atoms with van der Waals surface area (Å²) in [6.45, 7) is 18.2. The largest absolute Gasteiger partial charge is 0.373 e. The molecule has 0 amide bonds. The van der Waals surface area contributed by atoms with Gasteiger partial charge in [-0.3, -0.25) is 0 Å². The Hall–Kier alpha value is -2.43. The Balaban J connectivity index is 2.16. The molecule has 0 aliphatic heterocycles. The van der Waals surface area contributed by atoms with E-state index in [1.807, 2.05) is 32.1 Å². The summed E-state index contributed by atoms with van der Waals surface area (Å²) in [6, 6.07) is 8.79. The third-order valence-corrected chi connectivity index (χ3v) is 9.72. The smallest absolute Gasteiger partial charge is 0.185 e. The fraction of sp³-hybridized carbons (Fsp3) is 0.500. The Kier molecular flexibility index (Phi) is 13.6. The predicted octanol–water partition coefficient (Wildman–Crippen LogP) is 9.90. The molecule has 0 saturated carbocycles. The number of benzene rings is 1. The van der Waals surface area contributed by atoms with Gasteiger partial charge in [0, 0.05) is 0 Å². The minimum atomic E-state index is -3.55. The van der Waals surface area contributed by atoms with Gasteiger partial charge in [0.2, 0.25) is 0 Å². The standard InChI is InChI=1S/C36H52O3S/c1-28(2)14-12-15-29(3)21-24-39-25-22-31(5)27-34(40(37,38)33-17-10-9-11-18-33)26-30(4)19-20-35-32(6)16-13-23-36(35,7)8/h9-11,14,17-22,26,34H,12-13,15-16,23-25,27H2,1-8H3/b20-19+,29-21+,30-26+,31-22+. The molecule has 0 saturated heterocycles. The van der Waals surface area contributed by atoms with Crippen LogP contribution in [0, 0.1) is 5.41 Å². The van der Waals surface area contributed by atoms with Gasteiger partial charge < -0.3 is 4.74 Å². The molecule has 3 nitrogen and oxygen atoms in total. The Morgan fingerprint density at radius 3 is 2.25 bits per heavy atom. The number of rotatable bonds is 14. The van der Waals surface area contributed by atoms with Crippen molar-refractivity contribution in [2.45, 2.75) is 104 Å². The number of hydrogen-bond acceptors (Lipinski definition) is 3. The van der Waals surface area contributed by atoms with Crippen LogP contribution in [0.3, 0.4) is 0 Å². The van der Waals surface area contributed by atoms with E-state index in [4.69, 9.17) is 4.74 Å². The molecule has 1 aromatic rings. The average Bonchev–Trinajstić information content (AvgIpc) is 2.87. The van der Waals surface area contributed by atoms with Gasteiger partial charge in [0.05, 0.1) is 23.4 Å². The molecule has 1 aliphatic carbocycles. The van der Waals surface area contributed by atoms with E-state index in [9.17, 15) is 8.42 Å². The number of allylic oxidation sites excluding steroid dienone is 9. The molecular weight excluding hydrogens is 512 g/mol. The maximum Gasteiger partial charge on any atom is 0.185 e. The lowest BCUT2D eigenvalue weighted by atomic mass is 9.72. The van der Waals surface area contributed by atoms with Gasteiger partial charge in [0.25, 0.3) is 0 Å². The quantitative estimate of drug-likeness (QED) is 0.128. The Bertz CT molecular complexity index is 1250. The van der Waals surface area contributed by atoms with Crippen LogP contribution >= 0.6 is 0 Å². The van der Waals surface area contributed by atoms with Crippen molar-refractivity contribution < 1.29 is 13.2 Å². The highest BCUT2D eigenvalue weighted by molar-refractivity contribution is 7.92. The highest BCUT2D eigenvalue weighted by atomic mass is 32.2. The molecule has 0 bridgehead atoms. The van der Waals surface area contributed by atoms with Crippen molar-refractivity contribution in [3.8, 4) is 0 Å². The number of hydrogen-bond donors (Lipinski definition) is 0. The van der Waals surface area contributed by atoms with Gasteiger partial charge in [-0.05, 0) is 103 Å². The molecule has 1 atom stereocenters. The van der Waals surface area contributed by atoms with E-state index in [2.05, 4.69) is 65.8 Å². The highest BCUT2D eigenvalue weighted by Gasteiger charge is 2.27. The molecule has 0 fully saturated rings. The molecule has 0 aromatic heterocycles. The summed E-state index contributed by atoms with van der Waals surface area (Å²) in [5, 5.41) is -0.651. The van der Waals surface area contributed by atoms with Crippen LogP contribution in [0.15, 0.2) is 105 Å². The van der Waals surface area contributed by atoms with Crippen molar-refractivity contribution in [1.82, 2.24) is 0 Å². The van der Waals surface area contributed by atoms with E-state index >= 15 is 0 Å². The maximum atomic E-state index is 13.7. The Morgan fingerprint density at radius 1 is 0.975 bits per heavy atom. The van der Waals surface area contributed by atoms with Crippen LogP contribution in [0.5, 0.6) is 0 Å². The summed E-state index contributed by atoms with van der Waals surface area (Å²) < 4.78 is 33.2. The zero-order chi connectivity index (χ0) is 29.8. The van der Waals surface area contributed by atoms with E-state index in [0.717, 1.165) is 30.4 Å². The lowest BCUT2D eigenvalue weighted by molar-refractivity contribution is 0.192. The molecule has 40 heavy (non-hydrogen) atoms. The van der Waals surface area contributed by atoms with Crippen molar-refractivity contribution in [3.63, 3.8) is 0 Å². The summed E-state index contributed by atoms with van der Waals surface area (Å²) >= 11 is 0. The van der Waals surface area contributed by atoms with E-state index in [-0.39, 0.29) is 5.41 Å².